The summed E-state index contributed by atoms with van der Waals surface area (Å²) in [6.45, 7) is 2.35. The fourth-order valence-electron chi connectivity index (χ4n) is 2.13. The third-order valence-corrected chi connectivity index (χ3v) is 4.42. The molecule has 0 unspecified atom stereocenters. The molecule has 0 saturated carbocycles. The van der Waals surface area contributed by atoms with E-state index in [1.54, 1.807) is 25.9 Å². The average molecular weight is 343 g/mol. The van der Waals surface area contributed by atoms with Gasteiger partial charge in [-0.15, -0.1) is 0 Å². The van der Waals surface area contributed by atoms with Gasteiger partial charge < -0.3 is 15.4 Å². The highest BCUT2D eigenvalue weighted by atomic mass is 32.2. The maximum absolute atomic E-state index is 5.04. The van der Waals surface area contributed by atoms with Gasteiger partial charge in [0.05, 0.1) is 0 Å². The predicted molar refractivity (Wildman–Crippen MR) is 102 cm³/mol. The second-order valence-corrected chi connectivity index (χ2v) is 6.40. The van der Waals surface area contributed by atoms with Crippen LogP contribution in [-0.4, -0.2) is 33.3 Å². The minimum absolute atomic E-state index is 0.750. The Balaban J connectivity index is 1.78. The van der Waals surface area contributed by atoms with E-state index in [-0.39, 0.29) is 0 Å². The van der Waals surface area contributed by atoms with E-state index in [4.69, 9.17) is 4.74 Å². The molecule has 0 fully saturated rings. The summed E-state index contributed by atoms with van der Waals surface area (Å²) in [5.74, 6) is 0.814. The van der Waals surface area contributed by atoms with Crippen LogP contribution in [0, 0.1) is 0 Å². The van der Waals surface area contributed by atoms with Crippen LogP contribution in [0.1, 0.15) is 12.0 Å². The second-order valence-electron chi connectivity index (χ2n) is 5.26. The fraction of sp³-hybridized carbons (Fsp3) is 0.316. The molecule has 0 bridgehead atoms. The van der Waals surface area contributed by atoms with E-state index in [1.807, 2.05) is 6.07 Å². The molecule has 4 nitrogen and oxygen atoms in total. The van der Waals surface area contributed by atoms with Crippen LogP contribution in [0.15, 0.2) is 69.4 Å². The van der Waals surface area contributed by atoms with Gasteiger partial charge in [0.2, 0.25) is 0 Å². The van der Waals surface area contributed by atoms with E-state index in [1.165, 1.54) is 15.4 Å². The highest BCUT2D eigenvalue weighted by molar-refractivity contribution is 7.99. The Hall–Kier alpha value is -1.98. The molecule has 0 aliphatic carbocycles. The summed E-state index contributed by atoms with van der Waals surface area (Å²) in [7, 11) is 3.50. The zero-order chi connectivity index (χ0) is 17.0. The predicted octanol–water partition coefficient (Wildman–Crippen LogP) is 3.54. The topological polar surface area (TPSA) is 45.7 Å². The van der Waals surface area contributed by atoms with Crippen molar-refractivity contribution in [3.8, 4) is 0 Å². The highest BCUT2D eigenvalue weighted by Crippen LogP contribution is 2.27. The number of nitrogens with zero attached hydrogens (tertiary/aromatic N) is 1. The first-order valence-electron chi connectivity index (χ1n) is 8.07. The molecule has 24 heavy (non-hydrogen) atoms. The Labute approximate surface area is 148 Å². The van der Waals surface area contributed by atoms with Gasteiger partial charge >= 0.3 is 0 Å². The normalized spacial score (nSPS) is 11.3. The number of hydrogen-bond donors (Lipinski definition) is 2. The summed E-state index contributed by atoms with van der Waals surface area (Å²) in [5.41, 5.74) is 1.23. The van der Waals surface area contributed by atoms with Gasteiger partial charge in [-0.05, 0) is 36.2 Å². The van der Waals surface area contributed by atoms with Crippen molar-refractivity contribution >= 4 is 17.7 Å². The molecule has 2 N–H and O–H groups in total. The maximum atomic E-state index is 5.04. The smallest absolute Gasteiger partial charge is 0.191 e. The van der Waals surface area contributed by atoms with Gasteiger partial charge in [-0.25, -0.2) is 0 Å². The standard InChI is InChI=1S/C19H25N3OS/c1-20-19(21-13-6-14-23-2)22-15-16-9-11-18(12-10-16)24-17-7-4-3-5-8-17/h3-5,7-12H,6,13-15H2,1-2H3,(H2,20,21,22). The SMILES string of the molecule is CN=C(NCCCOC)NCc1ccc(Sc2ccccc2)cc1. The molecule has 0 aromatic heterocycles. The van der Waals surface area contributed by atoms with Crippen LogP contribution >= 0.6 is 11.8 Å². The zero-order valence-corrected chi connectivity index (χ0v) is 15.1. The summed E-state index contributed by atoms with van der Waals surface area (Å²) in [6, 6.07) is 19.0. The van der Waals surface area contributed by atoms with Crippen LogP contribution in [0.4, 0.5) is 0 Å². The first-order valence-corrected chi connectivity index (χ1v) is 8.89. The lowest BCUT2D eigenvalue weighted by Crippen LogP contribution is -2.37. The zero-order valence-electron chi connectivity index (χ0n) is 14.3. The van der Waals surface area contributed by atoms with E-state index >= 15 is 0 Å². The number of benzene rings is 2. The number of guanidine groups is 1. The summed E-state index contributed by atoms with van der Waals surface area (Å²) in [4.78, 5) is 6.72. The Kier molecular flexibility index (Phi) is 8.21. The van der Waals surface area contributed by atoms with Gasteiger partial charge in [0.25, 0.3) is 0 Å². The van der Waals surface area contributed by atoms with Crippen molar-refractivity contribution in [3.63, 3.8) is 0 Å². The quantitative estimate of drug-likeness (QED) is 0.437. The second kappa shape index (κ2) is 10.7. The summed E-state index contributed by atoms with van der Waals surface area (Å²) >= 11 is 1.77. The van der Waals surface area contributed by atoms with Crippen molar-refractivity contribution in [1.29, 1.82) is 0 Å². The number of methoxy groups -OCH3 is 1. The molecule has 2 rings (SSSR count). The molecule has 0 aliphatic heterocycles. The molecule has 0 radical (unpaired) electrons. The van der Waals surface area contributed by atoms with E-state index in [9.17, 15) is 0 Å². The van der Waals surface area contributed by atoms with Crippen molar-refractivity contribution < 1.29 is 4.74 Å². The van der Waals surface area contributed by atoms with Crippen molar-refractivity contribution in [3.05, 3.63) is 60.2 Å². The molecular formula is C19H25N3OS. The molecule has 128 valence electrons. The number of hydrogen-bond acceptors (Lipinski definition) is 3. The Bertz CT molecular complexity index is 614. The molecular weight excluding hydrogens is 318 g/mol. The van der Waals surface area contributed by atoms with Crippen LogP contribution in [0.3, 0.4) is 0 Å². The van der Waals surface area contributed by atoms with Crippen molar-refractivity contribution in [2.75, 3.05) is 27.3 Å². The number of nitrogens with one attached hydrogen (secondary N) is 2. The molecule has 0 saturated heterocycles. The van der Waals surface area contributed by atoms with E-state index in [0.717, 1.165) is 32.1 Å². The minimum atomic E-state index is 0.750. The largest absolute Gasteiger partial charge is 0.385 e. The molecule has 0 heterocycles. The van der Waals surface area contributed by atoms with Crippen LogP contribution in [-0.2, 0) is 11.3 Å². The van der Waals surface area contributed by atoms with Crippen molar-refractivity contribution in [1.82, 2.24) is 10.6 Å². The van der Waals surface area contributed by atoms with E-state index in [2.05, 4.69) is 64.2 Å². The molecule has 0 atom stereocenters. The number of aliphatic imine (C=N–C) groups is 1. The van der Waals surface area contributed by atoms with Crippen molar-refractivity contribution in [2.24, 2.45) is 4.99 Å². The number of rotatable bonds is 8. The summed E-state index contributed by atoms with van der Waals surface area (Å²) in [5, 5.41) is 6.60. The Morgan fingerprint density at radius 2 is 1.71 bits per heavy atom. The van der Waals surface area contributed by atoms with Crippen molar-refractivity contribution in [2.45, 2.75) is 22.8 Å². The molecule has 2 aromatic rings. The van der Waals surface area contributed by atoms with Gasteiger partial charge in [-0.2, -0.15) is 0 Å². The maximum Gasteiger partial charge on any atom is 0.191 e. The molecule has 0 spiro atoms. The molecule has 2 aromatic carbocycles. The Morgan fingerprint density at radius 1 is 1.00 bits per heavy atom. The lowest BCUT2D eigenvalue weighted by atomic mass is 10.2. The van der Waals surface area contributed by atoms with Crippen LogP contribution < -0.4 is 10.6 Å². The number of ether oxygens (including phenoxy) is 1. The third-order valence-electron chi connectivity index (χ3n) is 3.40. The van der Waals surface area contributed by atoms with E-state index < -0.39 is 0 Å². The van der Waals surface area contributed by atoms with Crippen LogP contribution in [0.2, 0.25) is 0 Å². The van der Waals surface area contributed by atoms with Gasteiger partial charge in [-0.1, -0.05) is 42.1 Å². The van der Waals surface area contributed by atoms with Gasteiger partial charge in [0, 0.05) is 43.6 Å². The first kappa shape index (κ1) is 18.4. The monoisotopic (exact) mass is 343 g/mol. The summed E-state index contributed by atoms with van der Waals surface area (Å²) in [6.07, 6.45) is 0.961. The van der Waals surface area contributed by atoms with Crippen LogP contribution in [0.25, 0.3) is 0 Å². The Morgan fingerprint density at radius 3 is 2.38 bits per heavy atom. The van der Waals surface area contributed by atoms with E-state index in [0.29, 0.717) is 0 Å². The molecule has 0 amide bonds. The van der Waals surface area contributed by atoms with Gasteiger partial charge in [0.15, 0.2) is 5.96 Å². The lowest BCUT2D eigenvalue weighted by molar-refractivity contribution is 0.195. The van der Waals surface area contributed by atoms with Gasteiger partial charge in [0.1, 0.15) is 0 Å². The van der Waals surface area contributed by atoms with Gasteiger partial charge in [-0.3, -0.25) is 4.99 Å². The summed E-state index contributed by atoms with van der Waals surface area (Å²) < 4.78 is 5.04. The lowest BCUT2D eigenvalue weighted by Gasteiger charge is -2.12. The minimum Gasteiger partial charge on any atom is -0.385 e. The first-order chi connectivity index (χ1) is 11.8. The fourth-order valence-corrected chi connectivity index (χ4v) is 2.97. The third kappa shape index (κ3) is 6.64. The highest BCUT2D eigenvalue weighted by Gasteiger charge is 2.00. The van der Waals surface area contributed by atoms with Crippen LogP contribution in [0.5, 0.6) is 0 Å². The molecule has 5 heteroatoms. The average Bonchev–Trinajstić information content (AvgIpc) is 2.63. The molecule has 0 aliphatic rings.